The molecule has 5 heteroatoms. The number of ether oxygens (including phenoxy) is 1. The van der Waals surface area contributed by atoms with Crippen molar-refractivity contribution in [2.24, 2.45) is 5.84 Å². The van der Waals surface area contributed by atoms with Crippen LogP contribution in [0.4, 0.5) is 0 Å². The summed E-state index contributed by atoms with van der Waals surface area (Å²) in [6.07, 6.45) is 2.54. The highest BCUT2D eigenvalue weighted by Gasteiger charge is 2.16. The normalized spacial score (nSPS) is 11.9. The summed E-state index contributed by atoms with van der Waals surface area (Å²) in [5.74, 6) is 2.91. The lowest BCUT2D eigenvalue weighted by atomic mass is 10.2. The Morgan fingerprint density at radius 2 is 2.15 bits per heavy atom. The quantitative estimate of drug-likeness (QED) is 0.215. The molecule has 0 saturated heterocycles. The van der Waals surface area contributed by atoms with Crippen LogP contribution in [0.5, 0.6) is 0 Å². The van der Waals surface area contributed by atoms with E-state index in [0.717, 1.165) is 19.3 Å². The van der Waals surface area contributed by atoms with Gasteiger partial charge in [-0.2, -0.15) is 0 Å². The summed E-state index contributed by atoms with van der Waals surface area (Å²) in [5, 5.41) is 0. The minimum atomic E-state index is -0.925. The third-order valence-corrected chi connectivity index (χ3v) is 1.59. The monoisotopic (exact) mass is 188 g/mol. The van der Waals surface area contributed by atoms with Gasteiger partial charge in [0, 0.05) is 0 Å². The summed E-state index contributed by atoms with van der Waals surface area (Å²) in [6.45, 7) is 3.79. The molecular weight excluding hydrogens is 172 g/mol. The predicted molar refractivity (Wildman–Crippen MR) is 47.4 cm³/mol. The molecule has 0 saturated carbocycles. The van der Waals surface area contributed by atoms with Crippen molar-refractivity contribution < 1.29 is 14.3 Å². The number of hydrogen-bond donors (Lipinski definition) is 2. The van der Waals surface area contributed by atoms with Crippen molar-refractivity contribution in [1.29, 1.82) is 0 Å². The van der Waals surface area contributed by atoms with Crippen LogP contribution in [0, 0.1) is 0 Å². The van der Waals surface area contributed by atoms with Crippen LogP contribution >= 0.6 is 0 Å². The van der Waals surface area contributed by atoms with Gasteiger partial charge in [-0.3, -0.25) is 10.2 Å². The van der Waals surface area contributed by atoms with Crippen LogP contribution in [0.3, 0.4) is 0 Å². The Labute approximate surface area is 77.6 Å². The Morgan fingerprint density at radius 1 is 1.54 bits per heavy atom. The van der Waals surface area contributed by atoms with Crippen LogP contribution in [0.25, 0.3) is 0 Å². The second-order valence-electron chi connectivity index (χ2n) is 2.83. The van der Waals surface area contributed by atoms with E-state index in [2.05, 4.69) is 0 Å². The van der Waals surface area contributed by atoms with Gasteiger partial charge in [-0.25, -0.2) is 10.6 Å². The SMILES string of the molecule is CCCCC(C)OC(=O)C(=O)NN. The van der Waals surface area contributed by atoms with E-state index in [0.29, 0.717) is 0 Å². The highest BCUT2D eigenvalue weighted by Crippen LogP contribution is 2.03. The summed E-state index contributed by atoms with van der Waals surface area (Å²) in [5.41, 5.74) is 1.71. The van der Waals surface area contributed by atoms with E-state index in [9.17, 15) is 9.59 Å². The van der Waals surface area contributed by atoms with E-state index in [4.69, 9.17) is 10.6 Å². The van der Waals surface area contributed by atoms with Gasteiger partial charge in [-0.15, -0.1) is 0 Å². The van der Waals surface area contributed by atoms with Gasteiger partial charge in [-0.1, -0.05) is 19.8 Å². The molecule has 0 aromatic carbocycles. The molecule has 1 amide bonds. The van der Waals surface area contributed by atoms with Crippen LogP contribution in [-0.2, 0) is 14.3 Å². The fourth-order valence-corrected chi connectivity index (χ4v) is 0.846. The number of esters is 1. The Bertz CT molecular complexity index is 182. The molecule has 0 fully saturated rings. The molecular formula is C8H16N2O3. The van der Waals surface area contributed by atoms with Gasteiger partial charge in [0.2, 0.25) is 0 Å². The molecule has 76 valence electrons. The Morgan fingerprint density at radius 3 is 2.62 bits per heavy atom. The molecule has 0 aromatic rings. The number of amides is 1. The molecule has 3 N–H and O–H groups in total. The molecule has 5 nitrogen and oxygen atoms in total. The fraction of sp³-hybridized carbons (Fsp3) is 0.750. The van der Waals surface area contributed by atoms with Crippen LogP contribution in [0.1, 0.15) is 33.1 Å². The number of carbonyl (C=O) groups is 2. The van der Waals surface area contributed by atoms with Gasteiger partial charge in [-0.05, 0) is 13.3 Å². The molecule has 1 atom stereocenters. The number of unbranched alkanes of at least 4 members (excludes halogenated alkanes) is 1. The van der Waals surface area contributed by atoms with Crippen LogP contribution in [-0.4, -0.2) is 18.0 Å². The highest BCUT2D eigenvalue weighted by atomic mass is 16.5. The Hall–Kier alpha value is -1.10. The summed E-state index contributed by atoms with van der Waals surface area (Å²) < 4.78 is 4.77. The molecule has 0 heterocycles. The zero-order valence-electron chi connectivity index (χ0n) is 8.00. The third-order valence-electron chi connectivity index (χ3n) is 1.59. The molecule has 1 unspecified atom stereocenters. The summed E-state index contributed by atoms with van der Waals surface area (Å²) >= 11 is 0. The minimum Gasteiger partial charge on any atom is -0.456 e. The first-order valence-corrected chi connectivity index (χ1v) is 4.33. The van der Waals surface area contributed by atoms with Gasteiger partial charge in [0.05, 0.1) is 6.10 Å². The first-order chi connectivity index (χ1) is 6.11. The summed E-state index contributed by atoms with van der Waals surface area (Å²) in [7, 11) is 0. The molecule has 0 bridgehead atoms. The zero-order chi connectivity index (χ0) is 10.3. The third kappa shape index (κ3) is 5.19. The van der Waals surface area contributed by atoms with Crippen LogP contribution in [0.15, 0.2) is 0 Å². The van der Waals surface area contributed by atoms with Crippen molar-refractivity contribution in [2.75, 3.05) is 0 Å². The van der Waals surface area contributed by atoms with Gasteiger partial charge < -0.3 is 4.74 Å². The fourth-order valence-electron chi connectivity index (χ4n) is 0.846. The van der Waals surface area contributed by atoms with Crippen LogP contribution in [0.2, 0.25) is 0 Å². The van der Waals surface area contributed by atoms with Gasteiger partial charge in [0.25, 0.3) is 0 Å². The molecule has 0 aliphatic heterocycles. The van der Waals surface area contributed by atoms with Gasteiger partial charge in [0.15, 0.2) is 0 Å². The van der Waals surface area contributed by atoms with Crippen molar-refractivity contribution >= 4 is 11.9 Å². The van der Waals surface area contributed by atoms with E-state index >= 15 is 0 Å². The lowest BCUT2D eigenvalue weighted by Gasteiger charge is -2.11. The van der Waals surface area contributed by atoms with Crippen LogP contribution < -0.4 is 11.3 Å². The average molecular weight is 188 g/mol. The number of carbonyl (C=O) groups excluding carboxylic acids is 2. The van der Waals surface area contributed by atoms with E-state index in [-0.39, 0.29) is 6.10 Å². The van der Waals surface area contributed by atoms with E-state index in [1.54, 1.807) is 12.3 Å². The molecule has 0 radical (unpaired) electrons. The van der Waals surface area contributed by atoms with Crippen molar-refractivity contribution in [3.63, 3.8) is 0 Å². The van der Waals surface area contributed by atoms with E-state index in [1.807, 2.05) is 6.92 Å². The number of nitrogens with two attached hydrogens (primary N) is 1. The molecule has 0 aromatic heterocycles. The Balaban J connectivity index is 3.71. The largest absolute Gasteiger partial charge is 0.456 e. The standard InChI is InChI=1S/C8H16N2O3/c1-3-4-5-6(2)13-8(12)7(11)10-9/h6H,3-5,9H2,1-2H3,(H,10,11). The van der Waals surface area contributed by atoms with Gasteiger partial charge in [0.1, 0.15) is 0 Å². The van der Waals surface area contributed by atoms with E-state index in [1.165, 1.54) is 0 Å². The van der Waals surface area contributed by atoms with E-state index < -0.39 is 11.9 Å². The average Bonchev–Trinajstić information content (AvgIpc) is 2.13. The number of hydrogen-bond acceptors (Lipinski definition) is 4. The molecule has 0 aliphatic carbocycles. The highest BCUT2D eigenvalue weighted by molar-refractivity contribution is 6.32. The summed E-state index contributed by atoms with van der Waals surface area (Å²) in [6, 6.07) is 0. The smallest absolute Gasteiger partial charge is 0.398 e. The first kappa shape index (κ1) is 11.9. The number of hydrazine groups is 1. The van der Waals surface area contributed by atoms with Gasteiger partial charge >= 0.3 is 11.9 Å². The first-order valence-electron chi connectivity index (χ1n) is 4.33. The maximum Gasteiger partial charge on any atom is 0.398 e. The topological polar surface area (TPSA) is 81.4 Å². The second kappa shape index (κ2) is 6.42. The number of rotatable bonds is 4. The maximum absolute atomic E-state index is 10.8. The molecule has 0 aliphatic rings. The maximum atomic E-state index is 10.8. The van der Waals surface area contributed by atoms with Crippen molar-refractivity contribution in [1.82, 2.24) is 5.43 Å². The lowest BCUT2D eigenvalue weighted by molar-refractivity contribution is -0.158. The second-order valence-corrected chi connectivity index (χ2v) is 2.83. The Kier molecular flexibility index (Phi) is 5.88. The van der Waals surface area contributed by atoms with Crippen molar-refractivity contribution in [3.8, 4) is 0 Å². The van der Waals surface area contributed by atoms with Crippen molar-refractivity contribution in [2.45, 2.75) is 39.2 Å². The predicted octanol–water partition coefficient (Wildman–Crippen LogP) is 0.0982. The van der Waals surface area contributed by atoms with Crippen molar-refractivity contribution in [3.05, 3.63) is 0 Å². The summed E-state index contributed by atoms with van der Waals surface area (Å²) in [4.78, 5) is 21.4. The molecule has 0 spiro atoms. The molecule has 0 rings (SSSR count). The molecule has 13 heavy (non-hydrogen) atoms. The zero-order valence-corrected chi connectivity index (χ0v) is 8.00. The number of nitrogens with one attached hydrogen (secondary N) is 1. The lowest BCUT2D eigenvalue weighted by Crippen LogP contribution is -2.38. The minimum absolute atomic E-state index is 0.232.